The highest BCUT2D eigenvalue weighted by atomic mass is 35.5. The van der Waals surface area contributed by atoms with Crippen LogP contribution >= 0.6 is 22.9 Å². The Bertz CT molecular complexity index is 361. The van der Waals surface area contributed by atoms with Gasteiger partial charge in [0.1, 0.15) is 0 Å². The highest BCUT2D eigenvalue weighted by Gasteiger charge is 2.10. The minimum Gasteiger partial charge on any atom is -0.356 e. The van der Waals surface area contributed by atoms with Gasteiger partial charge in [-0.1, -0.05) is 11.6 Å². The molecule has 0 bridgehead atoms. The van der Waals surface area contributed by atoms with E-state index >= 15 is 0 Å². The number of likely N-dealkylation sites (N-methyl/N-ethyl adjacent to an activating group) is 1. The third-order valence-electron chi connectivity index (χ3n) is 2.34. The van der Waals surface area contributed by atoms with Crippen LogP contribution in [-0.4, -0.2) is 37.5 Å². The molecule has 1 aromatic rings. The van der Waals surface area contributed by atoms with Gasteiger partial charge in [-0.3, -0.25) is 4.99 Å². The first-order valence-electron chi connectivity index (χ1n) is 4.99. The van der Waals surface area contributed by atoms with E-state index in [1.165, 1.54) is 4.88 Å². The molecule has 15 heavy (non-hydrogen) atoms. The molecule has 2 heterocycles. The van der Waals surface area contributed by atoms with Crippen molar-refractivity contribution < 1.29 is 0 Å². The fourth-order valence-electron chi connectivity index (χ4n) is 1.51. The Balaban J connectivity index is 1.75. The normalized spacial score (nSPS) is 15.6. The fourth-order valence-corrected chi connectivity index (χ4v) is 2.59. The highest BCUT2D eigenvalue weighted by molar-refractivity contribution is 7.16. The Hall–Kier alpha value is -0.740. The van der Waals surface area contributed by atoms with Crippen molar-refractivity contribution >= 4 is 28.9 Å². The Morgan fingerprint density at radius 3 is 3.07 bits per heavy atom. The SMILES string of the molecule is CN1CCN=C1NCCc1ccc(Cl)s1. The Morgan fingerprint density at radius 1 is 1.60 bits per heavy atom. The average Bonchev–Trinajstić information content (AvgIpc) is 2.77. The molecule has 0 fully saturated rings. The van der Waals surface area contributed by atoms with Gasteiger partial charge in [0.15, 0.2) is 5.96 Å². The molecule has 82 valence electrons. The van der Waals surface area contributed by atoms with Crippen molar-refractivity contribution in [1.82, 2.24) is 10.2 Å². The molecule has 0 aromatic carbocycles. The van der Waals surface area contributed by atoms with Crippen LogP contribution in [0, 0.1) is 0 Å². The zero-order chi connectivity index (χ0) is 10.7. The van der Waals surface area contributed by atoms with Gasteiger partial charge in [0.25, 0.3) is 0 Å². The summed E-state index contributed by atoms with van der Waals surface area (Å²) < 4.78 is 0.861. The number of thiophene rings is 1. The molecule has 0 atom stereocenters. The molecule has 1 N–H and O–H groups in total. The molecular formula is C10H14ClN3S. The topological polar surface area (TPSA) is 27.6 Å². The van der Waals surface area contributed by atoms with Gasteiger partial charge >= 0.3 is 0 Å². The minimum atomic E-state index is 0.861. The van der Waals surface area contributed by atoms with E-state index in [4.69, 9.17) is 11.6 Å². The summed E-state index contributed by atoms with van der Waals surface area (Å²) in [5, 5.41) is 3.33. The van der Waals surface area contributed by atoms with Crippen LogP contribution in [0.5, 0.6) is 0 Å². The standard InChI is InChI=1S/C10H14ClN3S/c1-14-7-6-13-10(14)12-5-4-8-2-3-9(11)15-8/h2-3H,4-7H2,1H3,(H,12,13). The Labute approximate surface area is 98.8 Å². The van der Waals surface area contributed by atoms with E-state index in [1.54, 1.807) is 11.3 Å². The number of hydrogen-bond acceptors (Lipinski definition) is 4. The quantitative estimate of drug-likeness (QED) is 0.877. The van der Waals surface area contributed by atoms with E-state index in [-0.39, 0.29) is 0 Å². The van der Waals surface area contributed by atoms with E-state index < -0.39 is 0 Å². The van der Waals surface area contributed by atoms with Gasteiger partial charge in [-0.25, -0.2) is 0 Å². The predicted octanol–water partition coefficient (Wildman–Crippen LogP) is 1.83. The molecule has 1 aliphatic heterocycles. The molecule has 0 saturated heterocycles. The van der Waals surface area contributed by atoms with Crippen molar-refractivity contribution in [3.05, 3.63) is 21.3 Å². The first kappa shape index (κ1) is 10.8. The largest absolute Gasteiger partial charge is 0.356 e. The maximum Gasteiger partial charge on any atom is 0.193 e. The highest BCUT2D eigenvalue weighted by Crippen LogP contribution is 2.21. The summed E-state index contributed by atoms with van der Waals surface area (Å²) in [5.41, 5.74) is 0. The lowest BCUT2D eigenvalue weighted by Gasteiger charge is -2.14. The maximum atomic E-state index is 5.86. The van der Waals surface area contributed by atoms with Gasteiger partial charge in [0.2, 0.25) is 0 Å². The maximum absolute atomic E-state index is 5.86. The summed E-state index contributed by atoms with van der Waals surface area (Å²) in [6.45, 7) is 2.84. The van der Waals surface area contributed by atoms with E-state index in [0.717, 1.165) is 36.4 Å². The lowest BCUT2D eigenvalue weighted by molar-refractivity contribution is 0.534. The van der Waals surface area contributed by atoms with Crippen LogP contribution in [0.25, 0.3) is 0 Å². The lowest BCUT2D eigenvalue weighted by atomic mass is 10.3. The van der Waals surface area contributed by atoms with Crippen molar-refractivity contribution in [3.63, 3.8) is 0 Å². The van der Waals surface area contributed by atoms with Gasteiger partial charge in [0, 0.05) is 25.0 Å². The van der Waals surface area contributed by atoms with Crippen LogP contribution in [0.15, 0.2) is 17.1 Å². The van der Waals surface area contributed by atoms with Crippen LogP contribution in [0.1, 0.15) is 4.88 Å². The number of aliphatic imine (C=N–C) groups is 1. The minimum absolute atomic E-state index is 0.861. The van der Waals surface area contributed by atoms with Crippen LogP contribution in [0.3, 0.4) is 0 Å². The molecular weight excluding hydrogens is 230 g/mol. The molecule has 1 aromatic heterocycles. The molecule has 0 amide bonds. The lowest BCUT2D eigenvalue weighted by Crippen LogP contribution is -2.36. The zero-order valence-corrected chi connectivity index (χ0v) is 10.2. The van der Waals surface area contributed by atoms with Gasteiger partial charge in [0.05, 0.1) is 10.9 Å². The summed E-state index contributed by atoms with van der Waals surface area (Å²) in [4.78, 5) is 7.82. The molecule has 5 heteroatoms. The van der Waals surface area contributed by atoms with Crippen molar-refractivity contribution in [1.29, 1.82) is 0 Å². The molecule has 0 radical (unpaired) electrons. The molecule has 0 aliphatic carbocycles. The average molecular weight is 244 g/mol. The monoisotopic (exact) mass is 243 g/mol. The second-order valence-electron chi connectivity index (χ2n) is 3.51. The summed E-state index contributed by atoms with van der Waals surface area (Å²) in [6, 6.07) is 4.02. The van der Waals surface area contributed by atoms with Crippen molar-refractivity contribution in [2.75, 3.05) is 26.7 Å². The fraction of sp³-hybridized carbons (Fsp3) is 0.500. The Kier molecular flexibility index (Phi) is 3.49. The van der Waals surface area contributed by atoms with Crippen LogP contribution < -0.4 is 5.32 Å². The smallest absolute Gasteiger partial charge is 0.193 e. The number of guanidine groups is 1. The van der Waals surface area contributed by atoms with E-state index in [1.807, 2.05) is 6.07 Å². The molecule has 3 nitrogen and oxygen atoms in total. The number of hydrogen-bond donors (Lipinski definition) is 1. The molecule has 0 saturated carbocycles. The van der Waals surface area contributed by atoms with Gasteiger partial charge in [-0.2, -0.15) is 0 Å². The summed E-state index contributed by atoms with van der Waals surface area (Å²) in [6.07, 6.45) is 1.00. The van der Waals surface area contributed by atoms with E-state index in [9.17, 15) is 0 Å². The summed E-state index contributed by atoms with van der Waals surface area (Å²) in [7, 11) is 2.06. The first-order valence-corrected chi connectivity index (χ1v) is 6.19. The second-order valence-corrected chi connectivity index (χ2v) is 5.31. The van der Waals surface area contributed by atoms with Crippen molar-refractivity contribution in [2.45, 2.75) is 6.42 Å². The first-order chi connectivity index (χ1) is 7.25. The molecule has 0 unspecified atom stereocenters. The molecule has 2 rings (SSSR count). The molecule has 1 aliphatic rings. The van der Waals surface area contributed by atoms with E-state index in [0.29, 0.717) is 0 Å². The van der Waals surface area contributed by atoms with Crippen LogP contribution in [0.2, 0.25) is 4.34 Å². The van der Waals surface area contributed by atoms with E-state index in [2.05, 4.69) is 28.3 Å². The van der Waals surface area contributed by atoms with Crippen LogP contribution in [-0.2, 0) is 6.42 Å². The second kappa shape index (κ2) is 4.86. The van der Waals surface area contributed by atoms with Crippen LogP contribution in [0.4, 0.5) is 0 Å². The molecule has 0 spiro atoms. The van der Waals surface area contributed by atoms with Gasteiger partial charge < -0.3 is 10.2 Å². The number of nitrogens with zero attached hydrogens (tertiary/aromatic N) is 2. The summed E-state index contributed by atoms with van der Waals surface area (Å²) in [5.74, 6) is 1.01. The van der Waals surface area contributed by atoms with Crippen molar-refractivity contribution in [2.24, 2.45) is 4.99 Å². The Morgan fingerprint density at radius 2 is 2.47 bits per heavy atom. The number of rotatable bonds is 3. The number of nitrogens with one attached hydrogen (secondary N) is 1. The predicted molar refractivity (Wildman–Crippen MR) is 66.0 cm³/mol. The van der Waals surface area contributed by atoms with Crippen molar-refractivity contribution in [3.8, 4) is 0 Å². The van der Waals surface area contributed by atoms with Gasteiger partial charge in [-0.15, -0.1) is 11.3 Å². The zero-order valence-electron chi connectivity index (χ0n) is 8.66. The third-order valence-corrected chi connectivity index (χ3v) is 3.63. The third kappa shape index (κ3) is 2.86. The van der Waals surface area contributed by atoms with Gasteiger partial charge in [-0.05, 0) is 18.6 Å². The summed E-state index contributed by atoms with van der Waals surface area (Å²) >= 11 is 7.50. The number of halogens is 1.